The van der Waals surface area contributed by atoms with Gasteiger partial charge in [0, 0.05) is 12.5 Å². The SMILES string of the molecule is Cc1ccc(C(C)CNC(=O)C(C)C2CNC2)cc1. The van der Waals surface area contributed by atoms with Gasteiger partial charge in [-0.3, -0.25) is 4.79 Å². The second-order valence-corrected chi connectivity index (χ2v) is 5.76. The summed E-state index contributed by atoms with van der Waals surface area (Å²) in [6.07, 6.45) is 0. The Balaban J connectivity index is 1.80. The number of benzene rings is 1. The molecule has 104 valence electrons. The van der Waals surface area contributed by atoms with Crippen LogP contribution in [-0.2, 0) is 4.79 Å². The highest BCUT2D eigenvalue weighted by atomic mass is 16.1. The van der Waals surface area contributed by atoms with Crippen LogP contribution in [0.2, 0.25) is 0 Å². The summed E-state index contributed by atoms with van der Waals surface area (Å²) in [5.41, 5.74) is 2.55. The zero-order chi connectivity index (χ0) is 13.8. The fourth-order valence-corrected chi connectivity index (χ4v) is 2.31. The Bertz CT molecular complexity index is 423. The standard InChI is InChI=1S/C16H24N2O/c1-11-4-6-14(7-5-11)12(2)8-18-16(19)13(3)15-9-17-10-15/h4-7,12-13,15,17H,8-10H2,1-3H3,(H,18,19). The topological polar surface area (TPSA) is 41.1 Å². The fourth-order valence-electron chi connectivity index (χ4n) is 2.31. The van der Waals surface area contributed by atoms with E-state index in [1.807, 2.05) is 6.92 Å². The lowest BCUT2D eigenvalue weighted by molar-refractivity contribution is -0.126. The molecule has 0 bridgehead atoms. The molecule has 1 aliphatic rings. The Morgan fingerprint density at radius 3 is 2.47 bits per heavy atom. The van der Waals surface area contributed by atoms with Crippen molar-refractivity contribution in [2.75, 3.05) is 19.6 Å². The fraction of sp³-hybridized carbons (Fsp3) is 0.562. The molecule has 0 radical (unpaired) electrons. The van der Waals surface area contributed by atoms with Crippen LogP contribution in [0.15, 0.2) is 24.3 Å². The lowest BCUT2D eigenvalue weighted by Crippen LogP contribution is -2.49. The summed E-state index contributed by atoms with van der Waals surface area (Å²) < 4.78 is 0. The van der Waals surface area contributed by atoms with Crippen molar-refractivity contribution in [3.63, 3.8) is 0 Å². The lowest BCUT2D eigenvalue weighted by Gasteiger charge is -2.32. The van der Waals surface area contributed by atoms with E-state index in [1.165, 1.54) is 11.1 Å². The van der Waals surface area contributed by atoms with Crippen molar-refractivity contribution in [2.45, 2.75) is 26.7 Å². The Labute approximate surface area is 115 Å². The van der Waals surface area contributed by atoms with Crippen molar-refractivity contribution in [3.8, 4) is 0 Å². The second-order valence-electron chi connectivity index (χ2n) is 5.76. The third-order valence-electron chi connectivity index (χ3n) is 4.16. The van der Waals surface area contributed by atoms with Crippen LogP contribution in [0, 0.1) is 18.8 Å². The van der Waals surface area contributed by atoms with E-state index in [1.54, 1.807) is 0 Å². The highest BCUT2D eigenvalue weighted by molar-refractivity contribution is 5.78. The quantitative estimate of drug-likeness (QED) is 0.851. The van der Waals surface area contributed by atoms with Gasteiger partial charge in [0.15, 0.2) is 0 Å². The number of aryl methyl sites for hydroxylation is 1. The molecule has 2 unspecified atom stereocenters. The van der Waals surface area contributed by atoms with Crippen molar-refractivity contribution in [1.29, 1.82) is 0 Å². The van der Waals surface area contributed by atoms with Gasteiger partial charge < -0.3 is 10.6 Å². The molecule has 0 saturated carbocycles. The maximum absolute atomic E-state index is 12.0. The summed E-state index contributed by atoms with van der Waals surface area (Å²) in [5, 5.41) is 6.29. The molecule has 0 spiro atoms. The molecule has 0 aliphatic carbocycles. The molecule has 2 atom stereocenters. The van der Waals surface area contributed by atoms with Gasteiger partial charge in [0.1, 0.15) is 0 Å². The van der Waals surface area contributed by atoms with E-state index in [0.717, 1.165) is 13.1 Å². The molecule has 1 saturated heterocycles. The molecule has 0 aromatic heterocycles. The van der Waals surface area contributed by atoms with E-state index in [0.29, 0.717) is 18.4 Å². The number of carbonyl (C=O) groups excluding carboxylic acids is 1. The number of rotatable bonds is 5. The van der Waals surface area contributed by atoms with Crippen LogP contribution in [0.5, 0.6) is 0 Å². The monoisotopic (exact) mass is 260 g/mol. The third-order valence-corrected chi connectivity index (χ3v) is 4.16. The zero-order valence-electron chi connectivity index (χ0n) is 12.1. The molecule has 1 heterocycles. The second kappa shape index (κ2) is 6.20. The summed E-state index contributed by atoms with van der Waals surface area (Å²) in [5.74, 6) is 1.17. The minimum atomic E-state index is 0.117. The summed E-state index contributed by atoms with van der Waals surface area (Å²) in [6.45, 7) is 8.93. The molecule has 1 aromatic rings. The van der Waals surface area contributed by atoms with Gasteiger partial charge in [-0.05, 0) is 37.4 Å². The predicted molar refractivity (Wildman–Crippen MR) is 78.1 cm³/mol. The molecule has 1 amide bonds. The summed E-state index contributed by atoms with van der Waals surface area (Å²) in [7, 11) is 0. The molecule has 3 nitrogen and oxygen atoms in total. The van der Waals surface area contributed by atoms with E-state index in [4.69, 9.17) is 0 Å². The first-order valence-corrected chi connectivity index (χ1v) is 7.13. The first-order chi connectivity index (χ1) is 9.08. The maximum Gasteiger partial charge on any atom is 0.223 e. The number of nitrogens with one attached hydrogen (secondary N) is 2. The van der Waals surface area contributed by atoms with Crippen LogP contribution in [0.1, 0.15) is 30.9 Å². The highest BCUT2D eigenvalue weighted by Gasteiger charge is 2.28. The van der Waals surface area contributed by atoms with E-state index in [-0.39, 0.29) is 11.8 Å². The largest absolute Gasteiger partial charge is 0.355 e. The molecule has 1 fully saturated rings. The van der Waals surface area contributed by atoms with Gasteiger partial charge in [-0.2, -0.15) is 0 Å². The lowest BCUT2D eigenvalue weighted by atomic mass is 9.88. The first-order valence-electron chi connectivity index (χ1n) is 7.13. The third kappa shape index (κ3) is 3.57. The number of hydrogen-bond donors (Lipinski definition) is 2. The summed E-state index contributed by atoms with van der Waals surface area (Å²) in [6, 6.07) is 8.53. The Morgan fingerprint density at radius 1 is 1.32 bits per heavy atom. The molecular weight excluding hydrogens is 236 g/mol. The molecular formula is C16H24N2O. The summed E-state index contributed by atoms with van der Waals surface area (Å²) in [4.78, 5) is 12.0. The molecule has 2 rings (SSSR count). The van der Waals surface area contributed by atoms with E-state index >= 15 is 0 Å². The van der Waals surface area contributed by atoms with Crippen LogP contribution >= 0.6 is 0 Å². The maximum atomic E-state index is 12.0. The van der Waals surface area contributed by atoms with Gasteiger partial charge in [0.25, 0.3) is 0 Å². The van der Waals surface area contributed by atoms with Crippen molar-refractivity contribution in [2.24, 2.45) is 11.8 Å². The zero-order valence-corrected chi connectivity index (χ0v) is 12.1. The predicted octanol–water partition coefficient (Wildman–Crippen LogP) is 2.07. The van der Waals surface area contributed by atoms with Gasteiger partial charge in [0.2, 0.25) is 5.91 Å². The van der Waals surface area contributed by atoms with Crippen LogP contribution in [0.3, 0.4) is 0 Å². The highest BCUT2D eigenvalue weighted by Crippen LogP contribution is 2.17. The first kappa shape index (κ1) is 14.1. The molecule has 1 aliphatic heterocycles. The van der Waals surface area contributed by atoms with E-state index in [2.05, 4.69) is 48.7 Å². The van der Waals surface area contributed by atoms with Crippen molar-refractivity contribution in [1.82, 2.24) is 10.6 Å². The van der Waals surface area contributed by atoms with Gasteiger partial charge >= 0.3 is 0 Å². The smallest absolute Gasteiger partial charge is 0.223 e. The number of carbonyl (C=O) groups is 1. The Morgan fingerprint density at radius 2 is 1.95 bits per heavy atom. The number of amides is 1. The average molecular weight is 260 g/mol. The normalized spacial score (nSPS) is 18.5. The molecule has 19 heavy (non-hydrogen) atoms. The van der Waals surface area contributed by atoms with Crippen molar-refractivity contribution in [3.05, 3.63) is 35.4 Å². The number of hydrogen-bond acceptors (Lipinski definition) is 2. The summed E-state index contributed by atoms with van der Waals surface area (Å²) >= 11 is 0. The van der Waals surface area contributed by atoms with Crippen molar-refractivity contribution < 1.29 is 4.79 Å². The van der Waals surface area contributed by atoms with Gasteiger partial charge in [-0.25, -0.2) is 0 Å². The van der Waals surface area contributed by atoms with E-state index in [9.17, 15) is 4.79 Å². The van der Waals surface area contributed by atoms with E-state index < -0.39 is 0 Å². The van der Waals surface area contributed by atoms with Crippen LogP contribution in [0.4, 0.5) is 0 Å². The Hall–Kier alpha value is -1.35. The Kier molecular flexibility index (Phi) is 4.59. The molecule has 2 N–H and O–H groups in total. The van der Waals surface area contributed by atoms with Crippen LogP contribution in [-0.4, -0.2) is 25.5 Å². The molecule has 1 aromatic carbocycles. The van der Waals surface area contributed by atoms with Crippen LogP contribution in [0.25, 0.3) is 0 Å². The van der Waals surface area contributed by atoms with Crippen molar-refractivity contribution >= 4 is 5.91 Å². The average Bonchev–Trinajstić information content (AvgIpc) is 2.34. The minimum absolute atomic E-state index is 0.117. The van der Waals surface area contributed by atoms with Crippen LogP contribution < -0.4 is 10.6 Å². The van der Waals surface area contributed by atoms with Gasteiger partial charge in [-0.15, -0.1) is 0 Å². The van der Waals surface area contributed by atoms with Gasteiger partial charge in [-0.1, -0.05) is 43.7 Å². The minimum Gasteiger partial charge on any atom is -0.355 e. The molecule has 3 heteroatoms. The van der Waals surface area contributed by atoms with Gasteiger partial charge in [0.05, 0.1) is 0 Å².